The van der Waals surface area contributed by atoms with E-state index in [0.29, 0.717) is 10.2 Å². The van der Waals surface area contributed by atoms with Gasteiger partial charge in [0.25, 0.3) is 5.91 Å². The molecule has 0 aromatic carbocycles. The molecule has 82 valence electrons. The zero-order valence-electron chi connectivity index (χ0n) is 9.17. The Morgan fingerprint density at radius 2 is 2.27 bits per heavy atom. The monoisotopic (exact) mass is 270 g/mol. The Kier molecular flexibility index (Phi) is 3.85. The maximum Gasteiger partial charge on any atom is 0.251 e. The third-order valence-electron chi connectivity index (χ3n) is 2.32. The number of hydrogen-bond acceptors (Lipinski definition) is 2. The molecule has 0 aliphatic carbocycles. The van der Waals surface area contributed by atoms with Crippen molar-refractivity contribution in [3.8, 4) is 0 Å². The topological polar surface area (TPSA) is 42.0 Å². The molecule has 1 N–H and O–H groups in total. The summed E-state index contributed by atoms with van der Waals surface area (Å²) < 4.78 is 0.671. The first-order valence-corrected chi connectivity index (χ1v) is 5.68. The van der Waals surface area contributed by atoms with Gasteiger partial charge in [0.2, 0.25) is 0 Å². The smallest absolute Gasteiger partial charge is 0.251 e. The molecule has 1 rings (SSSR count). The summed E-state index contributed by atoms with van der Waals surface area (Å²) in [5.74, 6) is -0.0649. The molecular weight excluding hydrogens is 256 g/mol. The number of aromatic nitrogens is 1. The van der Waals surface area contributed by atoms with E-state index in [9.17, 15) is 4.79 Å². The Bertz CT molecular complexity index is 363. The van der Waals surface area contributed by atoms with Gasteiger partial charge < -0.3 is 5.32 Å². The van der Waals surface area contributed by atoms with Crippen LogP contribution in [0, 0.1) is 0 Å². The molecule has 0 unspecified atom stereocenters. The van der Waals surface area contributed by atoms with Gasteiger partial charge >= 0.3 is 0 Å². The maximum atomic E-state index is 11.8. The van der Waals surface area contributed by atoms with Gasteiger partial charge in [-0.05, 0) is 48.3 Å². The molecule has 0 bridgehead atoms. The Labute approximate surface area is 98.4 Å². The highest BCUT2D eigenvalue weighted by Gasteiger charge is 2.18. The normalized spacial score (nSPS) is 11.2. The summed E-state index contributed by atoms with van der Waals surface area (Å²) in [5, 5.41) is 2.96. The summed E-state index contributed by atoms with van der Waals surface area (Å²) in [7, 11) is 0. The van der Waals surface area contributed by atoms with Gasteiger partial charge in [0, 0.05) is 17.3 Å². The lowest BCUT2D eigenvalue weighted by Gasteiger charge is -2.24. The SMILES string of the molecule is CCC(C)(C)NC(=O)c1ccnc(Br)c1. The molecule has 0 fully saturated rings. The first kappa shape index (κ1) is 12.2. The fraction of sp³-hybridized carbons (Fsp3) is 0.455. The summed E-state index contributed by atoms with van der Waals surface area (Å²) in [6.07, 6.45) is 2.50. The lowest BCUT2D eigenvalue weighted by Crippen LogP contribution is -2.42. The molecule has 0 radical (unpaired) electrons. The average molecular weight is 271 g/mol. The molecule has 1 aromatic heterocycles. The summed E-state index contributed by atoms with van der Waals surface area (Å²) in [6, 6.07) is 3.41. The summed E-state index contributed by atoms with van der Waals surface area (Å²) in [6.45, 7) is 6.05. The third kappa shape index (κ3) is 3.63. The van der Waals surface area contributed by atoms with E-state index < -0.39 is 0 Å². The Morgan fingerprint density at radius 3 is 2.80 bits per heavy atom. The minimum absolute atomic E-state index is 0.0649. The predicted octanol–water partition coefficient (Wildman–Crippen LogP) is 2.76. The van der Waals surface area contributed by atoms with Gasteiger partial charge in [-0.25, -0.2) is 4.98 Å². The molecule has 0 saturated carbocycles. The van der Waals surface area contributed by atoms with Crippen LogP contribution in [0.1, 0.15) is 37.6 Å². The molecule has 0 aliphatic heterocycles. The second-order valence-corrected chi connectivity index (χ2v) is 4.87. The number of carbonyl (C=O) groups excluding carboxylic acids is 1. The lowest BCUT2D eigenvalue weighted by molar-refractivity contribution is 0.0911. The minimum atomic E-state index is -0.174. The lowest BCUT2D eigenvalue weighted by atomic mass is 10.0. The molecule has 0 atom stereocenters. The molecule has 0 spiro atoms. The van der Waals surface area contributed by atoms with Gasteiger partial charge in [-0.3, -0.25) is 4.79 Å². The van der Waals surface area contributed by atoms with Crippen LogP contribution < -0.4 is 5.32 Å². The van der Waals surface area contributed by atoms with E-state index in [4.69, 9.17) is 0 Å². The third-order valence-corrected chi connectivity index (χ3v) is 2.76. The molecule has 1 amide bonds. The maximum absolute atomic E-state index is 11.8. The van der Waals surface area contributed by atoms with Gasteiger partial charge in [-0.2, -0.15) is 0 Å². The second-order valence-electron chi connectivity index (χ2n) is 4.06. The number of carbonyl (C=O) groups is 1. The van der Waals surface area contributed by atoms with Crippen molar-refractivity contribution in [3.05, 3.63) is 28.5 Å². The number of halogens is 1. The largest absolute Gasteiger partial charge is 0.347 e. The Balaban J connectivity index is 2.78. The quantitative estimate of drug-likeness (QED) is 0.859. The number of nitrogens with zero attached hydrogens (tertiary/aromatic N) is 1. The standard InChI is InChI=1S/C11H15BrN2O/c1-4-11(2,3)14-10(15)8-5-6-13-9(12)7-8/h5-7H,4H2,1-3H3,(H,14,15). The van der Waals surface area contributed by atoms with E-state index in [1.165, 1.54) is 0 Å². The number of amides is 1. The number of pyridine rings is 1. The van der Waals surface area contributed by atoms with Gasteiger partial charge in [0.15, 0.2) is 0 Å². The van der Waals surface area contributed by atoms with Crippen LogP contribution in [0.15, 0.2) is 22.9 Å². The minimum Gasteiger partial charge on any atom is -0.347 e. The molecule has 0 saturated heterocycles. The van der Waals surface area contributed by atoms with Crippen LogP contribution in [0.25, 0.3) is 0 Å². The van der Waals surface area contributed by atoms with Crippen LogP contribution in [-0.2, 0) is 0 Å². The van der Waals surface area contributed by atoms with Crippen molar-refractivity contribution in [2.45, 2.75) is 32.7 Å². The van der Waals surface area contributed by atoms with E-state index in [1.807, 2.05) is 20.8 Å². The van der Waals surface area contributed by atoms with E-state index >= 15 is 0 Å². The van der Waals surface area contributed by atoms with Crippen LogP contribution in [0.3, 0.4) is 0 Å². The Hall–Kier alpha value is -0.900. The van der Waals surface area contributed by atoms with Crippen molar-refractivity contribution in [2.75, 3.05) is 0 Å². The highest BCUT2D eigenvalue weighted by atomic mass is 79.9. The number of hydrogen-bond donors (Lipinski definition) is 1. The number of nitrogens with one attached hydrogen (secondary N) is 1. The van der Waals surface area contributed by atoms with Gasteiger partial charge in [0.05, 0.1) is 0 Å². The zero-order valence-corrected chi connectivity index (χ0v) is 10.8. The number of rotatable bonds is 3. The summed E-state index contributed by atoms with van der Waals surface area (Å²) in [4.78, 5) is 15.8. The van der Waals surface area contributed by atoms with Gasteiger partial charge in [-0.15, -0.1) is 0 Å². The molecule has 1 aromatic rings. The average Bonchev–Trinajstić information content (AvgIpc) is 2.17. The van der Waals surface area contributed by atoms with Crippen LogP contribution in [0.2, 0.25) is 0 Å². The van der Waals surface area contributed by atoms with E-state index in [1.54, 1.807) is 18.3 Å². The fourth-order valence-electron chi connectivity index (χ4n) is 1.01. The van der Waals surface area contributed by atoms with Crippen molar-refractivity contribution < 1.29 is 4.79 Å². The van der Waals surface area contributed by atoms with Crippen molar-refractivity contribution >= 4 is 21.8 Å². The summed E-state index contributed by atoms with van der Waals surface area (Å²) in [5.41, 5.74) is 0.450. The molecule has 0 aliphatic rings. The van der Waals surface area contributed by atoms with Crippen molar-refractivity contribution in [1.29, 1.82) is 0 Å². The molecule has 3 nitrogen and oxygen atoms in total. The first-order valence-electron chi connectivity index (χ1n) is 4.88. The molecule has 15 heavy (non-hydrogen) atoms. The van der Waals surface area contributed by atoms with E-state index in [0.717, 1.165) is 6.42 Å². The fourth-order valence-corrected chi connectivity index (χ4v) is 1.38. The first-order chi connectivity index (χ1) is 6.94. The van der Waals surface area contributed by atoms with E-state index in [-0.39, 0.29) is 11.4 Å². The van der Waals surface area contributed by atoms with Crippen LogP contribution >= 0.6 is 15.9 Å². The second kappa shape index (κ2) is 4.75. The zero-order chi connectivity index (χ0) is 11.5. The van der Waals surface area contributed by atoms with Gasteiger partial charge in [-0.1, -0.05) is 6.92 Å². The van der Waals surface area contributed by atoms with Gasteiger partial charge in [0.1, 0.15) is 4.60 Å². The van der Waals surface area contributed by atoms with Crippen molar-refractivity contribution in [2.24, 2.45) is 0 Å². The van der Waals surface area contributed by atoms with Crippen LogP contribution in [0.5, 0.6) is 0 Å². The van der Waals surface area contributed by atoms with Crippen molar-refractivity contribution in [3.63, 3.8) is 0 Å². The Morgan fingerprint density at radius 1 is 1.60 bits per heavy atom. The molecular formula is C11H15BrN2O. The highest BCUT2D eigenvalue weighted by molar-refractivity contribution is 9.10. The highest BCUT2D eigenvalue weighted by Crippen LogP contribution is 2.11. The van der Waals surface area contributed by atoms with Crippen LogP contribution in [0.4, 0.5) is 0 Å². The molecule has 1 heterocycles. The van der Waals surface area contributed by atoms with Crippen LogP contribution in [-0.4, -0.2) is 16.4 Å². The summed E-state index contributed by atoms with van der Waals surface area (Å²) >= 11 is 3.24. The van der Waals surface area contributed by atoms with E-state index in [2.05, 4.69) is 26.2 Å². The van der Waals surface area contributed by atoms with Crippen molar-refractivity contribution in [1.82, 2.24) is 10.3 Å². The predicted molar refractivity (Wildman–Crippen MR) is 63.8 cm³/mol. The molecule has 4 heteroatoms.